The van der Waals surface area contributed by atoms with Gasteiger partial charge in [0, 0.05) is 26.7 Å². The zero-order valence-corrected chi connectivity index (χ0v) is 23.7. The third kappa shape index (κ3) is 15.6. The number of likely N-dealkylation sites (N-methyl/N-ethyl adjacent to an activating group) is 1. The number of alkyl carbamates (subject to hydrolysis) is 2. The minimum absolute atomic E-state index is 0.154. The molecule has 214 valence electrons. The predicted octanol–water partition coefficient (Wildman–Crippen LogP) is 3.96. The summed E-state index contributed by atoms with van der Waals surface area (Å²) in [5.74, 6) is -0.401. The Labute approximate surface area is 225 Å². The summed E-state index contributed by atoms with van der Waals surface area (Å²) in [5, 5.41) is 8.03. The van der Waals surface area contributed by atoms with Crippen molar-refractivity contribution in [2.24, 2.45) is 0 Å². The topological polar surface area (TPSA) is 135 Å². The van der Waals surface area contributed by atoms with Crippen LogP contribution in [0.4, 0.5) is 14.4 Å². The summed E-state index contributed by atoms with van der Waals surface area (Å²) in [6.07, 6.45) is -0.263. The maximum absolute atomic E-state index is 12.8. The number of amides is 4. The lowest BCUT2D eigenvalue weighted by Crippen LogP contribution is -2.49. The zero-order chi connectivity index (χ0) is 28.8. The van der Waals surface area contributed by atoms with Crippen LogP contribution in [0.5, 0.6) is 0 Å². The molecule has 0 aromatic heterocycles. The van der Waals surface area contributed by atoms with Crippen molar-refractivity contribution in [3.63, 3.8) is 0 Å². The summed E-state index contributed by atoms with van der Waals surface area (Å²) in [6.45, 7) is 11.5. The summed E-state index contributed by atoms with van der Waals surface area (Å²) in [7, 11) is 1.58. The van der Waals surface area contributed by atoms with Gasteiger partial charge in [0.25, 0.3) is 0 Å². The number of ether oxygens (including phenoxy) is 3. The lowest BCUT2D eigenvalue weighted by atomic mass is 10.1. The van der Waals surface area contributed by atoms with E-state index in [0.29, 0.717) is 25.8 Å². The molecule has 38 heavy (non-hydrogen) atoms. The molecule has 0 heterocycles. The van der Waals surface area contributed by atoms with E-state index in [1.54, 1.807) is 48.6 Å². The molecule has 1 atom stereocenters. The normalized spacial score (nSPS) is 12.1. The van der Waals surface area contributed by atoms with Gasteiger partial charge in [0.15, 0.2) is 0 Å². The van der Waals surface area contributed by atoms with Crippen LogP contribution >= 0.6 is 0 Å². The molecule has 1 rings (SSSR count). The van der Waals surface area contributed by atoms with Crippen LogP contribution < -0.4 is 16.0 Å². The smallest absolute Gasteiger partial charge is 0.409 e. The van der Waals surface area contributed by atoms with Crippen LogP contribution in [-0.2, 0) is 25.6 Å². The molecule has 0 aliphatic carbocycles. The molecule has 1 unspecified atom stereocenters. The highest BCUT2D eigenvalue weighted by Crippen LogP contribution is 2.09. The monoisotopic (exact) mass is 536 g/mol. The SMILES string of the molecule is CN(CCNC(=O)C(CCCCNC(=O)OC(C)(C)C)NC(=O)OC(C)(C)C)C(=O)OCc1ccccc1. The first-order chi connectivity index (χ1) is 17.7. The van der Waals surface area contributed by atoms with E-state index in [1.165, 1.54) is 4.90 Å². The van der Waals surface area contributed by atoms with E-state index in [-0.39, 0.29) is 19.7 Å². The number of nitrogens with zero attached hydrogens (tertiary/aromatic N) is 1. The van der Waals surface area contributed by atoms with Gasteiger partial charge in [-0.05, 0) is 66.4 Å². The number of unbranched alkanes of at least 4 members (excludes halogenated alkanes) is 1. The molecule has 0 bridgehead atoms. The Morgan fingerprint density at radius 1 is 0.842 bits per heavy atom. The van der Waals surface area contributed by atoms with Crippen molar-refractivity contribution < 1.29 is 33.4 Å². The van der Waals surface area contributed by atoms with E-state index < -0.39 is 41.4 Å². The number of nitrogens with one attached hydrogen (secondary N) is 3. The Balaban J connectivity index is 2.51. The average Bonchev–Trinajstić information content (AvgIpc) is 2.79. The van der Waals surface area contributed by atoms with Gasteiger partial charge in [-0.3, -0.25) is 4.79 Å². The minimum atomic E-state index is -0.846. The molecule has 0 radical (unpaired) electrons. The lowest BCUT2D eigenvalue weighted by Gasteiger charge is -2.24. The van der Waals surface area contributed by atoms with Crippen LogP contribution in [0.1, 0.15) is 66.4 Å². The molecular formula is C27H44N4O7. The fourth-order valence-electron chi connectivity index (χ4n) is 3.09. The average molecular weight is 537 g/mol. The van der Waals surface area contributed by atoms with Crippen LogP contribution in [0.2, 0.25) is 0 Å². The fraction of sp³-hybridized carbons (Fsp3) is 0.630. The van der Waals surface area contributed by atoms with Gasteiger partial charge in [-0.25, -0.2) is 14.4 Å². The molecule has 0 saturated carbocycles. The third-order valence-corrected chi connectivity index (χ3v) is 4.86. The van der Waals surface area contributed by atoms with Crippen LogP contribution in [0.15, 0.2) is 30.3 Å². The first-order valence-electron chi connectivity index (χ1n) is 12.8. The molecule has 0 spiro atoms. The molecule has 11 heteroatoms. The molecule has 0 saturated heterocycles. The van der Waals surface area contributed by atoms with E-state index >= 15 is 0 Å². The van der Waals surface area contributed by atoms with Gasteiger partial charge in [0.2, 0.25) is 5.91 Å². The van der Waals surface area contributed by atoms with Gasteiger partial charge >= 0.3 is 18.3 Å². The van der Waals surface area contributed by atoms with E-state index in [1.807, 2.05) is 30.3 Å². The van der Waals surface area contributed by atoms with Gasteiger partial charge in [0.1, 0.15) is 23.9 Å². The van der Waals surface area contributed by atoms with E-state index in [0.717, 1.165) is 5.56 Å². The van der Waals surface area contributed by atoms with Crippen LogP contribution in [0.25, 0.3) is 0 Å². The summed E-state index contributed by atoms with van der Waals surface area (Å²) < 4.78 is 15.8. The van der Waals surface area contributed by atoms with Crippen molar-refractivity contribution in [1.82, 2.24) is 20.9 Å². The largest absolute Gasteiger partial charge is 0.445 e. The molecule has 1 aromatic carbocycles. The van der Waals surface area contributed by atoms with Gasteiger partial charge in [-0.1, -0.05) is 30.3 Å². The van der Waals surface area contributed by atoms with E-state index in [4.69, 9.17) is 14.2 Å². The number of carbonyl (C=O) groups excluding carboxylic acids is 4. The Bertz CT molecular complexity index is 895. The summed E-state index contributed by atoms with van der Waals surface area (Å²) >= 11 is 0. The lowest BCUT2D eigenvalue weighted by molar-refractivity contribution is -0.123. The van der Waals surface area contributed by atoms with Gasteiger partial charge in [-0.15, -0.1) is 0 Å². The van der Waals surface area contributed by atoms with Gasteiger partial charge in [-0.2, -0.15) is 0 Å². The standard InChI is InChI=1S/C27H44N4O7/c1-26(2,3)37-23(33)29-16-12-11-15-21(30-24(34)38-27(4,5)6)22(32)28-17-18-31(7)25(35)36-19-20-13-9-8-10-14-20/h8-10,13-14,21H,11-12,15-19H2,1-7H3,(H,28,32)(H,29,33)(H,30,34). The number of hydrogen-bond donors (Lipinski definition) is 3. The quantitative estimate of drug-likeness (QED) is 0.272. The van der Waals surface area contributed by atoms with Crippen molar-refractivity contribution in [2.45, 2.75) is 84.7 Å². The second-order valence-corrected chi connectivity index (χ2v) is 10.9. The minimum Gasteiger partial charge on any atom is -0.445 e. The molecule has 1 aromatic rings. The highest BCUT2D eigenvalue weighted by molar-refractivity contribution is 5.85. The fourth-order valence-corrected chi connectivity index (χ4v) is 3.09. The second-order valence-electron chi connectivity index (χ2n) is 10.9. The molecular weight excluding hydrogens is 492 g/mol. The highest BCUT2D eigenvalue weighted by atomic mass is 16.6. The van der Waals surface area contributed by atoms with Crippen molar-refractivity contribution in [1.29, 1.82) is 0 Å². The Morgan fingerprint density at radius 2 is 1.45 bits per heavy atom. The number of carbonyl (C=O) groups is 4. The maximum Gasteiger partial charge on any atom is 0.409 e. The van der Waals surface area contributed by atoms with Crippen molar-refractivity contribution in [2.75, 3.05) is 26.7 Å². The number of benzene rings is 1. The van der Waals surface area contributed by atoms with Crippen LogP contribution in [0.3, 0.4) is 0 Å². The van der Waals surface area contributed by atoms with Crippen LogP contribution in [-0.4, -0.2) is 73.0 Å². The molecule has 3 N–H and O–H groups in total. The molecule has 0 aliphatic heterocycles. The first kappa shape index (κ1) is 32.5. The van der Waals surface area contributed by atoms with E-state index in [2.05, 4.69) is 16.0 Å². The first-order valence-corrected chi connectivity index (χ1v) is 12.8. The maximum atomic E-state index is 12.8. The Hall–Kier alpha value is -3.50. The molecule has 4 amide bonds. The second kappa shape index (κ2) is 15.7. The molecule has 0 aliphatic rings. The summed E-state index contributed by atoms with van der Waals surface area (Å²) in [4.78, 5) is 50.5. The van der Waals surface area contributed by atoms with Gasteiger partial charge < -0.3 is 35.1 Å². The van der Waals surface area contributed by atoms with Gasteiger partial charge in [0.05, 0.1) is 0 Å². The number of hydrogen-bond acceptors (Lipinski definition) is 7. The van der Waals surface area contributed by atoms with Crippen molar-refractivity contribution in [3.05, 3.63) is 35.9 Å². The summed E-state index contributed by atoms with van der Waals surface area (Å²) in [6, 6.07) is 8.48. The van der Waals surface area contributed by atoms with E-state index in [9.17, 15) is 19.2 Å². The van der Waals surface area contributed by atoms with Crippen molar-refractivity contribution >= 4 is 24.2 Å². The molecule has 0 fully saturated rings. The molecule has 11 nitrogen and oxygen atoms in total. The van der Waals surface area contributed by atoms with Crippen molar-refractivity contribution in [3.8, 4) is 0 Å². The summed E-state index contributed by atoms with van der Waals surface area (Å²) in [5.41, 5.74) is -0.428. The van der Waals surface area contributed by atoms with Crippen LogP contribution in [0, 0.1) is 0 Å². The predicted molar refractivity (Wildman–Crippen MR) is 144 cm³/mol. The highest BCUT2D eigenvalue weighted by Gasteiger charge is 2.24. The number of rotatable bonds is 12. The zero-order valence-electron chi connectivity index (χ0n) is 23.7. The Kier molecular flexibility index (Phi) is 13.4. The third-order valence-electron chi connectivity index (χ3n) is 4.86. The Morgan fingerprint density at radius 3 is 2.05 bits per heavy atom.